The van der Waals surface area contributed by atoms with Gasteiger partial charge in [-0.15, -0.1) is 0 Å². The topological polar surface area (TPSA) is 86.7 Å². The molecule has 1 heterocycles. The van der Waals surface area contributed by atoms with Gasteiger partial charge in [0.25, 0.3) is 17.7 Å². The Kier molecular flexibility index (Phi) is 3.25. The lowest BCUT2D eigenvalue weighted by Crippen LogP contribution is -2.63. The lowest BCUT2D eigenvalue weighted by Gasteiger charge is -2.47. The molecule has 1 aromatic rings. The van der Waals surface area contributed by atoms with Crippen LogP contribution in [0.15, 0.2) is 24.3 Å². The van der Waals surface area contributed by atoms with Gasteiger partial charge in [-0.3, -0.25) is 19.8 Å². The van der Waals surface area contributed by atoms with Gasteiger partial charge < -0.3 is 5.11 Å². The zero-order chi connectivity index (χ0) is 17.0. The molecule has 2 fully saturated rings. The van der Waals surface area contributed by atoms with Crippen LogP contribution in [0.1, 0.15) is 44.0 Å². The van der Waals surface area contributed by atoms with Crippen LogP contribution in [0.2, 0.25) is 0 Å². The van der Waals surface area contributed by atoms with Crippen molar-refractivity contribution >= 4 is 17.7 Å². The number of aromatic hydroxyl groups is 1. The molecule has 3 rings (SSSR count). The number of fused-ring (bicyclic) bond motifs is 2. The summed E-state index contributed by atoms with van der Waals surface area (Å²) in [5.41, 5.74) is 1.28. The van der Waals surface area contributed by atoms with Crippen LogP contribution < -0.4 is 5.43 Å². The molecule has 1 saturated carbocycles. The van der Waals surface area contributed by atoms with Crippen molar-refractivity contribution in [3.8, 4) is 5.75 Å². The van der Waals surface area contributed by atoms with Gasteiger partial charge in [-0.1, -0.05) is 32.9 Å². The lowest BCUT2D eigenvalue weighted by molar-refractivity contribution is -0.171. The summed E-state index contributed by atoms with van der Waals surface area (Å²) >= 11 is 0. The molecule has 2 N–H and O–H groups in total. The number of imide groups is 1. The van der Waals surface area contributed by atoms with Crippen LogP contribution in [-0.4, -0.2) is 27.8 Å². The highest BCUT2D eigenvalue weighted by Crippen LogP contribution is 2.59. The first-order valence-electron chi connectivity index (χ1n) is 7.67. The maximum Gasteiger partial charge on any atom is 0.274 e. The Morgan fingerprint density at radius 1 is 1.26 bits per heavy atom. The van der Waals surface area contributed by atoms with Crippen LogP contribution in [-0.2, 0) is 9.59 Å². The molecule has 122 valence electrons. The largest absolute Gasteiger partial charge is 0.507 e. The highest BCUT2D eigenvalue weighted by Gasteiger charge is 2.64. The number of phenolic OH excluding ortho intramolecular Hbond substituents is 1. The predicted molar refractivity (Wildman–Crippen MR) is 82.0 cm³/mol. The standard InChI is InChI=1S/C17H20N2O4/c1-16(2)11-8-9-17(16,3)15(23)19(14(11)22)18-13(21)10-6-4-5-7-12(10)20/h4-7,11,20H,8-9H2,1-3H3,(H,18,21)/t11-,17+/m0/s1. The van der Waals surface area contributed by atoms with Crippen LogP contribution in [0.3, 0.4) is 0 Å². The number of hydrogen-bond acceptors (Lipinski definition) is 4. The SMILES string of the molecule is CC1(C)[C@H]2CC[C@]1(C)C(=O)N(NC(=O)c1ccccc1O)C2=O. The van der Waals surface area contributed by atoms with Crippen molar-refractivity contribution in [1.82, 2.24) is 10.4 Å². The number of nitrogens with one attached hydrogen (secondary N) is 1. The summed E-state index contributed by atoms with van der Waals surface area (Å²) in [6.45, 7) is 5.71. The number of carbonyl (C=O) groups excluding carboxylic acids is 3. The number of carbonyl (C=O) groups is 3. The minimum absolute atomic E-state index is 0.0235. The molecule has 0 aromatic heterocycles. The third-order valence-electron chi connectivity index (χ3n) is 5.78. The van der Waals surface area contributed by atoms with Gasteiger partial charge in [0.15, 0.2) is 0 Å². The van der Waals surface area contributed by atoms with Gasteiger partial charge in [0.1, 0.15) is 5.75 Å². The van der Waals surface area contributed by atoms with E-state index in [0.717, 1.165) is 5.01 Å². The summed E-state index contributed by atoms with van der Waals surface area (Å²) in [7, 11) is 0. The van der Waals surface area contributed by atoms with E-state index in [1.807, 2.05) is 20.8 Å². The maximum atomic E-state index is 12.8. The zero-order valence-corrected chi connectivity index (χ0v) is 13.4. The maximum absolute atomic E-state index is 12.8. The molecule has 23 heavy (non-hydrogen) atoms. The average molecular weight is 316 g/mol. The molecule has 1 aliphatic heterocycles. The lowest BCUT2D eigenvalue weighted by atomic mass is 9.63. The highest BCUT2D eigenvalue weighted by molar-refractivity contribution is 6.07. The molecule has 6 nitrogen and oxygen atoms in total. The number of hydrazine groups is 1. The van der Waals surface area contributed by atoms with E-state index in [1.165, 1.54) is 12.1 Å². The van der Waals surface area contributed by atoms with Crippen LogP contribution in [0, 0.1) is 16.7 Å². The minimum Gasteiger partial charge on any atom is -0.507 e. The van der Waals surface area contributed by atoms with Crippen molar-refractivity contribution in [2.75, 3.05) is 0 Å². The molecule has 1 aliphatic carbocycles. The third kappa shape index (κ3) is 1.97. The van der Waals surface area contributed by atoms with Gasteiger partial charge in [-0.25, -0.2) is 0 Å². The smallest absolute Gasteiger partial charge is 0.274 e. The molecule has 3 amide bonds. The van der Waals surface area contributed by atoms with Crippen molar-refractivity contribution in [2.45, 2.75) is 33.6 Å². The normalized spacial score (nSPS) is 28.8. The fourth-order valence-corrected chi connectivity index (χ4v) is 3.75. The van der Waals surface area contributed by atoms with E-state index in [4.69, 9.17) is 0 Å². The number of para-hydroxylation sites is 1. The summed E-state index contributed by atoms with van der Waals surface area (Å²) < 4.78 is 0. The summed E-state index contributed by atoms with van der Waals surface area (Å²) in [6, 6.07) is 6.00. The van der Waals surface area contributed by atoms with Gasteiger partial charge >= 0.3 is 0 Å². The number of hydrogen-bond donors (Lipinski definition) is 2. The molecule has 1 aromatic carbocycles. The van der Waals surface area contributed by atoms with Gasteiger partial charge in [0.2, 0.25) is 0 Å². The van der Waals surface area contributed by atoms with E-state index in [9.17, 15) is 19.5 Å². The number of phenols is 1. The van der Waals surface area contributed by atoms with Crippen LogP contribution in [0.25, 0.3) is 0 Å². The van der Waals surface area contributed by atoms with E-state index in [0.29, 0.717) is 12.8 Å². The molecule has 2 atom stereocenters. The van der Waals surface area contributed by atoms with E-state index in [1.54, 1.807) is 12.1 Å². The van der Waals surface area contributed by atoms with E-state index < -0.39 is 16.7 Å². The summed E-state index contributed by atoms with van der Waals surface area (Å²) in [4.78, 5) is 37.7. The molecule has 1 saturated heterocycles. The van der Waals surface area contributed by atoms with Gasteiger partial charge in [-0.2, -0.15) is 5.01 Å². The van der Waals surface area contributed by atoms with E-state index in [-0.39, 0.29) is 29.0 Å². The van der Waals surface area contributed by atoms with E-state index in [2.05, 4.69) is 5.43 Å². The van der Waals surface area contributed by atoms with E-state index >= 15 is 0 Å². The Hall–Kier alpha value is -2.37. The Bertz CT molecular complexity index is 712. The minimum atomic E-state index is -0.683. The fraction of sp³-hybridized carbons (Fsp3) is 0.471. The van der Waals surface area contributed by atoms with Crippen molar-refractivity contribution in [3.63, 3.8) is 0 Å². The number of amides is 3. The Morgan fingerprint density at radius 2 is 1.91 bits per heavy atom. The highest BCUT2D eigenvalue weighted by atomic mass is 16.3. The first kappa shape index (κ1) is 15.5. The van der Waals surface area contributed by atoms with Gasteiger partial charge in [0, 0.05) is 5.92 Å². The summed E-state index contributed by atoms with van der Waals surface area (Å²) in [6.07, 6.45) is 1.26. The predicted octanol–water partition coefficient (Wildman–Crippen LogP) is 1.85. The molecule has 2 bridgehead atoms. The van der Waals surface area contributed by atoms with Crippen LogP contribution in [0.4, 0.5) is 0 Å². The van der Waals surface area contributed by atoms with Crippen molar-refractivity contribution in [1.29, 1.82) is 0 Å². The number of rotatable bonds is 2. The number of piperidine rings is 1. The van der Waals surface area contributed by atoms with Gasteiger partial charge in [-0.05, 0) is 30.4 Å². The van der Waals surface area contributed by atoms with Crippen molar-refractivity contribution in [2.24, 2.45) is 16.7 Å². The van der Waals surface area contributed by atoms with Crippen molar-refractivity contribution in [3.05, 3.63) is 29.8 Å². The van der Waals surface area contributed by atoms with Gasteiger partial charge in [0.05, 0.1) is 11.0 Å². The third-order valence-corrected chi connectivity index (χ3v) is 5.78. The zero-order valence-electron chi connectivity index (χ0n) is 13.4. The Labute approximate surface area is 134 Å². The molecule has 0 unspecified atom stereocenters. The number of benzene rings is 1. The Morgan fingerprint density at radius 3 is 2.57 bits per heavy atom. The fourth-order valence-electron chi connectivity index (χ4n) is 3.75. The second-order valence-corrected chi connectivity index (χ2v) is 7.08. The summed E-state index contributed by atoms with van der Waals surface area (Å²) in [5, 5.41) is 10.6. The first-order chi connectivity index (χ1) is 10.7. The average Bonchev–Trinajstić information content (AvgIpc) is 2.69. The molecule has 0 radical (unpaired) electrons. The molecular weight excluding hydrogens is 296 g/mol. The molecule has 2 aliphatic rings. The number of nitrogens with zero attached hydrogens (tertiary/aromatic N) is 1. The van der Waals surface area contributed by atoms with Crippen LogP contribution >= 0.6 is 0 Å². The second kappa shape index (κ2) is 4.81. The second-order valence-electron chi connectivity index (χ2n) is 7.08. The Balaban J connectivity index is 1.90. The first-order valence-corrected chi connectivity index (χ1v) is 7.67. The quantitative estimate of drug-likeness (QED) is 0.815. The molecule has 0 spiro atoms. The molecule has 6 heteroatoms. The molecular formula is C17H20N2O4. The summed E-state index contributed by atoms with van der Waals surface area (Å²) in [5.74, 6) is -1.93. The monoisotopic (exact) mass is 316 g/mol. The van der Waals surface area contributed by atoms with Crippen molar-refractivity contribution < 1.29 is 19.5 Å². The van der Waals surface area contributed by atoms with Crippen LogP contribution in [0.5, 0.6) is 5.75 Å².